The largest absolute Gasteiger partial charge is 0.390 e. The maximum atomic E-state index is 10.9. The molecular formula is C18H26Cl2O. The quantitative estimate of drug-likeness (QED) is 0.730. The van der Waals surface area contributed by atoms with Gasteiger partial charge in [0, 0.05) is 6.42 Å². The van der Waals surface area contributed by atoms with Crippen LogP contribution in [0.1, 0.15) is 58.4 Å². The molecule has 0 radical (unpaired) electrons. The molecule has 0 atom stereocenters. The second-order valence-corrected chi connectivity index (χ2v) is 8.02. The van der Waals surface area contributed by atoms with Gasteiger partial charge in [-0.25, -0.2) is 0 Å². The van der Waals surface area contributed by atoms with Crippen LogP contribution in [0.5, 0.6) is 0 Å². The molecule has 0 saturated heterocycles. The van der Waals surface area contributed by atoms with E-state index in [4.69, 9.17) is 23.2 Å². The molecule has 2 rings (SSSR count). The molecule has 1 aliphatic carbocycles. The molecular weight excluding hydrogens is 303 g/mol. The SMILES string of the molecule is CCC(C)(C)C1CCC(O)(Cc2cccc(Cl)c2Cl)CC1. The summed E-state index contributed by atoms with van der Waals surface area (Å²) in [5.74, 6) is 0.706. The van der Waals surface area contributed by atoms with Gasteiger partial charge in [0.05, 0.1) is 15.6 Å². The third-order valence-corrected chi connectivity index (χ3v) is 6.34. The summed E-state index contributed by atoms with van der Waals surface area (Å²) in [5, 5.41) is 12.0. The van der Waals surface area contributed by atoms with Crippen LogP contribution in [0.4, 0.5) is 0 Å². The highest BCUT2D eigenvalue weighted by molar-refractivity contribution is 6.42. The van der Waals surface area contributed by atoms with Crippen molar-refractivity contribution in [2.45, 2.75) is 64.9 Å². The van der Waals surface area contributed by atoms with Gasteiger partial charge < -0.3 is 5.11 Å². The molecule has 0 bridgehead atoms. The molecule has 0 amide bonds. The Morgan fingerprint density at radius 1 is 1.24 bits per heavy atom. The van der Waals surface area contributed by atoms with Crippen molar-refractivity contribution in [3.05, 3.63) is 33.8 Å². The second-order valence-electron chi connectivity index (χ2n) is 7.23. The number of hydrogen-bond acceptors (Lipinski definition) is 1. The van der Waals surface area contributed by atoms with Crippen LogP contribution < -0.4 is 0 Å². The summed E-state index contributed by atoms with van der Waals surface area (Å²) < 4.78 is 0. The van der Waals surface area contributed by atoms with Gasteiger partial charge in [-0.1, -0.05) is 62.5 Å². The highest BCUT2D eigenvalue weighted by atomic mass is 35.5. The Morgan fingerprint density at radius 2 is 1.86 bits per heavy atom. The van der Waals surface area contributed by atoms with E-state index in [9.17, 15) is 5.11 Å². The van der Waals surface area contributed by atoms with Crippen LogP contribution in [0, 0.1) is 11.3 Å². The number of aliphatic hydroxyl groups is 1. The van der Waals surface area contributed by atoms with Crippen LogP contribution in [0.25, 0.3) is 0 Å². The summed E-state index contributed by atoms with van der Waals surface area (Å²) in [7, 11) is 0. The Kier molecular flexibility index (Phi) is 5.28. The molecule has 3 heteroatoms. The first kappa shape index (κ1) is 17.1. The van der Waals surface area contributed by atoms with Crippen molar-refractivity contribution < 1.29 is 5.11 Å². The summed E-state index contributed by atoms with van der Waals surface area (Å²) >= 11 is 12.3. The predicted octanol–water partition coefficient (Wildman–Crippen LogP) is 5.89. The molecule has 1 aromatic carbocycles. The van der Waals surface area contributed by atoms with Gasteiger partial charge in [0.15, 0.2) is 0 Å². The molecule has 0 heterocycles. The van der Waals surface area contributed by atoms with Gasteiger partial charge in [-0.05, 0) is 48.6 Å². The van der Waals surface area contributed by atoms with E-state index in [-0.39, 0.29) is 0 Å². The van der Waals surface area contributed by atoms with Crippen LogP contribution >= 0.6 is 23.2 Å². The smallest absolute Gasteiger partial charge is 0.0688 e. The lowest BCUT2D eigenvalue weighted by molar-refractivity contribution is -0.0276. The molecule has 1 aromatic rings. The van der Waals surface area contributed by atoms with E-state index in [2.05, 4.69) is 20.8 Å². The van der Waals surface area contributed by atoms with E-state index in [1.54, 1.807) is 6.07 Å². The maximum absolute atomic E-state index is 10.9. The molecule has 118 valence electrons. The summed E-state index contributed by atoms with van der Waals surface area (Å²) in [5.41, 5.74) is 0.698. The minimum atomic E-state index is -0.630. The fourth-order valence-corrected chi connectivity index (χ4v) is 3.83. The summed E-state index contributed by atoms with van der Waals surface area (Å²) in [6.07, 6.45) is 5.68. The van der Waals surface area contributed by atoms with Gasteiger partial charge in [-0.3, -0.25) is 0 Å². The van der Waals surface area contributed by atoms with Gasteiger partial charge in [0.1, 0.15) is 0 Å². The molecule has 1 fully saturated rings. The minimum absolute atomic E-state index is 0.370. The van der Waals surface area contributed by atoms with Gasteiger partial charge in [0.25, 0.3) is 0 Å². The number of benzene rings is 1. The molecule has 21 heavy (non-hydrogen) atoms. The van der Waals surface area contributed by atoms with E-state index in [0.29, 0.717) is 27.8 Å². The molecule has 1 nitrogen and oxygen atoms in total. The zero-order valence-electron chi connectivity index (χ0n) is 13.3. The zero-order chi connectivity index (χ0) is 15.7. The summed E-state index contributed by atoms with van der Waals surface area (Å²) in [6, 6.07) is 5.66. The topological polar surface area (TPSA) is 20.2 Å². The first-order valence-electron chi connectivity index (χ1n) is 7.93. The lowest BCUT2D eigenvalue weighted by Gasteiger charge is -2.42. The van der Waals surface area contributed by atoms with Crippen molar-refractivity contribution in [1.82, 2.24) is 0 Å². The Labute approximate surface area is 138 Å². The first-order valence-corrected chi connectivity index (χ1v) is 8.68. The predicted molar refractivity (Wildman–Crippen MR) is 91.1 cm³/mol. The second kappa shape index (κ2) is 6.48. The highest BCUT2D eigenvalue weighted by Crippen LogP contribution is 2.44. The molecule has 0 aromatic heterocycles. The lowest BCUT2D eigenvalue weighted by atomic mass is 9.65. The summed E-state index contributed by atoms with van der Waals surface area (Å²) in [4.78, 5) is 0. The molecule has 1 N–H and O–H groups in total. The standard InChI is InChI=1S/C18H26Cl2O/c1-4-17(2,3)14-8-10-18(21,11-9-14)12-13-6-5-7-15(19)16(13)20/h5-7,14,21H,4,8-12H2,1-3H3. The van der Waals surface area contributed by atoms with Crippen molar-refractivity contribution >= 4 is 23.2 Å². The molecule has 0 spiro atoms. The highest BCUT2D eigenvalue weighted by Gasteiger charge is 2.38. The van der Waals surface area contributed by atoms with Crippen LogP contribution in [0.3, 0.4) is 0 Å². The Hall–Kier alpha value is -0.240. The fraction of sp³-hybridized carbons (Fsp3) is 0.667. The van der Waals surface area contributed by atoms with Crippen LogP contribution in [0.2, 0.25) is 10.0 Å². The van der Waals surface area contributed by atoms with Crippen LogP contribution in [0.15, 0.2) is 18.2 Å². The Balaban J connectivity index is 2.04. The van der Waals surface area contributed by atoms with Gasteiger partial charge in [0.2, 0.25) is 0 Å². The molecule has 0 unspecified atom stereocenters. The molecule has 0 aliphatic heterocycles. The molecule has 1 aliphatic rings. The van der Waals surface area contributed by atoms with Gasteiger partial charge >= 0.3 is 0 Å². The first-order chi connectivity index (χ1) is 9.77. The maximum Gasteiger partial charge on any atom is 0.0688 e. The van der Waals surface area contributed by atoms with E-state index >= 15 is 0 Å². The third-order valence-electron chi connectivity index (χ3n) is 5.48. The average Bonchev–Trinajstić information content (AvgIpc) is 2.44. The van der Waals surface area contributed by atoms with Crippen LogP contribution in [-0.2, 0) is 6.42 Å². The fourth-order valence-electron chi connectivity index (χ4n) is 3.44. The number of hydrogen-bond donors (Lipinski definition) is 1. The van der Waals surface area contributed by atoms with Gasteiger partial charge in [-0.15, -0.1) is 0 Å². The summed E-state index contributed by atoms with van der Waals surface area (Å²) in [6.45, 7) is 6.94. The van der Waals surface area contributed by atoms with E-state index in [1.807, 2.05) is 12.1 Å². The van der Waals surface area contributed by atoms with Crippen molar-refractivity contribution in [2.24, 2.45) is 11.3 Å². The number of rotatable bonds is 4. The minimum Gasteiger partial charge on any atom is -0.390 e. The van der Waals surface area contributed by atoms with Gasteiger partial charge in [-0.2, -0.15) is 0 Å². The van der Waals surface area contributed by atoms with E-state index in [0.717, 1.165) is 31.2 Å². The van der Waals surface area contributed by atoms with Crippen molar-refractivity contribution in [2.75, 3.05) is 0 Å². The van der Waals surface area contributed by atoms with E-state index < -0.39 is 5.60 Å². The Bertz CT molecular complexity index is 488. The zero-order valence-corrected chi connectivity index (χ0v) is 14.8. The van der Waals surface area contributed by atoms with Crippen molar-refractivity contribution in [1.29, 1.82) is 0 Å². The molecule has 1 saturated carbocycles. The Morgan fingerprint density at radius 3 is 2.43 bits per heavy atom. The lowest BCUT2D eigenvalue weighted by Crippen LogP contribution is -2.39. The monoisotopic (exact) mass is 328 g/mol. The third kappa shape index (κ3) is 3.94. The number of halogens is 2. The van der Waals surface area contributed by atoms with E-state index in [1.165, 1.54) is 6.42 Å². The van der Waals surface area contributed by atoms with Crippen molar-refractivity contribution in [3.8, 4) is 0 Å². The normalized spacial score (nSPS) is 26.9. The van der Waals surface area contributed by atoms with Crippen LogP contribution in [-0.4, -0.2) is 10.7 Å². The average molecular weight is 329 g/mol. The van der Waals surface area contributed by atoms with Crippen molar-refractivity contribution in [3.63, 3.8) is 0 Å².